The number of para-hydroxylation sites is 1. The number of nitrogens with one attached hydrogen (secondary N) is 1. The van der Waals surface area contributed by atoms with E-state index >= 15 is 0 Å². The molecular formula is C19H23NO5S. The van der Waals surface area contributed by atoms with Crippen LogP contribution in [0.25, 0.3) is 0 Å². The molecule has 0 bridgehead atoms. The number of benzene rings is 2. The Labute approximate surface area is 153 Å². The van der Waals surface area contributed by atoms with E-state index in [1.165, 1.54) is 7.11 Å². The first-order valence-electron chi connectivity index (χ1n) is 8.51. The van der Waals surface area contributed by atoms with Gasteiger partial charge in [0, 0.05) is 18.5 Å². The second-order valence-corrected chi connectivity index (χ2v) is 8.02. The van der Waals surface area contributed by atoms with Gasteiger partial charge in [-0.2, -0.15) is 0 Å². The minimum atomic E-state index is -3.85. The fourth-order valence-electron chi connectivity index (χ4n) is 3.07. The molecule has 7 heteroatoms. The summed E-state index contributed by atoms with van der Waals surface area (Å²) >= 11 is 0. The number of aryl methyl sites for hydroxylation is 1. The highest BCUT2D eigenvalue weighted by Crippen LogP contribution is 2.36. The van der Waals surface area contributed by atoms with E-state index in [4.69, 9.17) is 9.47 Å². The first-order chi connectivity index (χ1) is 12.4. The molecule has 2 aromatic rings. The monoisotopic (exact) mass is 377 g/mol. The molecule has 0 saturated heterocycles. The maximum absolute atomic E-state index is 12.8. The number of sulfonamides is 1. The number of methoxy groups -OCH3 is 1. The molecule has 0 spiro atoms. The number of rotatable bonds is 6. The number of hydrogen-bond donors (Lipinski definition) is 2. The Hall–Kier alpha value is -2.09. The molecule has 2 aromatic carbocycles. The Morgan fingerprint density at radius 3 is 2.77 bits per heavy atom. The molecule has 2 N–H and O–H groups in total. The van der Waals surface area contributed by atoms with Gasteiger partial charge in [-0.1, -0.05) is 31.2 Å². The summed E-state index contributed by atoms with van der Waals surface area (Å²) < 4.78 is 39.0. The minimum Gasteiger partial charge on any atom is -0.495 e. The molecule has 6 nitrogen and oxygen atoms in total. The van der Waals surface area contributed by atoms with Crippen LogP contribution in [0.15, 0.2) is 47.4 Å². The smallest absolute Gasteiger partial charge is 0.244 e. The molecule has 1 aliphatic rings. The molecular weight excluding hydrogens is 354 g/mol. The predicted octanol–water partition coefficient (Wildman–Crippen LogP) is 2.21. The molecule has 26 heavy (non-hydrogen) atoms. The maximum atomic E-state index is 12.8. The van der Waals surface area contributed by atoms with E-state index in [0.29, 0.717) is 30.8 Å². The molecule has 0 aliphatic carbocycles. The van der Waals surface area contributed by atoms with Gasteiger partial charge in [0.15, 0.2) is 0 Å². The van der Waals surface area contributed by atoms with Gasteiger partial charge in [0.1, 0.15) is 22.0 Å². The lowest BCUT2D eigenvalue weighted by atomic mass is 9.88. The van der Waals surface area contributed by atoms with Crippen molar-refractivity contribution in [3.63, 3.8) is 0 Å². The summed E-state index contributed by atoms with van der Waals surface area (Å²) in [6.45, 7) is 2.13. The van der Waals surface area contributed by atoms with Crippen LogP contribution in [0.5, 0.6) is 11.5 Å². The van der Waals surface area contributed by atoms with E-state index in [2.05, 4.69) is 4.72 Å². The Kier molecular flexibility index (Phi) is 5.22. The van der Waals surface area contributed by atoms with Crippen LogP contribution in [0.1, 0.15) is 24.5 Å². The van der Waals surface area contributed by atoms with Crippen molar-refractivity contribution in [3.05, 3.63) is 53.6 Å². The van der Waals surface area contributed by atoms with E-state index in [9.17, 15) is 13.5 Å². The fourth-order valence-corrected chi connectivity index (χ4v) is 4.38. The normalized spacial score (nSPS) is 19.5. The molecule has 0 aromatic heterocycles. The van der Waals surface area contributed by atoms with E-state index in [1.54, 1.807) is 30.3 Å². The molecule has 0 amide bonds. The second-order valence-electron chi connectivity index (χ2n) is 6.29. The molecule has 0 saturated carbocycles. The van der Waals surface area contributed by atoms with Gasteiger partial charge < -0.3 is 14.6 Å². The third-order valence-corrected chi connectivity index (χ3v) is 6.06. The van der Waals surface area contributed by atoms with Crippen LogP contribution in [0.3, 0.4) is 0 Å². The molecule has 1 atom stereocenters. The second kappa shape index (κ2) is 7.26. The summed E-state index contributed by atoms with van der Waals surface area (Å²) in [6.07, 6.45) is 1.01. The topological polar surface area (TPSA) is 84.9 Å². The third-order valence-electron chi connectivity index (χ3n) is 4.64. The van der Waals surface area contributed by atoms with Gasteiger partial charge in [0.25, 0.3) is 0 Å². The van der Waals surface area contributed by atoms with Gasteiger partial charge in [0.05, 0.1) is 13.7 Å². The van der Waals surface area contributed by atoms with Crippen molar-refractivity contribution in [1.82, 2.24) is 4.72 Å². The average molecular weight is 377 g/mol. The summed E-state index contributed by atoms with van der Waals surface area (Å²) in [5.41, 5.74) is 0.155. The summed E-state index contributed by atoms with van der Waals surface area (Å²) in [7, 11) is -2.42. The molecule has 1 aliphatic heterocycles. The van der Waals surface area contributed by atoms with Crippen molar-refractivity contribution in [2.24, 2.45) is 0 Å². The quantitative estimate of drug-likeness (QED) is 0.806. The minimum absolute atomic E-state index is 0.0725. The van der Waals surface area contributed by atoms with E-state index in [-0.39, 0.29) is 17.2 Å². The molecule has 3 rings (SSSR count). The Bertz CT molecular complexity index is 897. The van der Waals surface area contributed by atoms with Gasteiger partial charge in [-0.15, -0.1) is 0 Å². The standard InChI is InChI=1S/C19H23NO5S/c1-3-14-8-9-17(24-2)18(12-14)26(22,23)20-13-19(21)10-11-25-16-7-5-4-6-15(16)19/h4-9,12,20-21H,3,10-11,13H2,1-2H3. The van der Waals surface area contributed by atoms with E-state index < -0.39 is 15.6 Å². The lowest BCUT2D eigenvalue weighted by Crippen LogP contribution is -2.43. The van der Waals surface area contributed by atoms with Gasteiger partial charge in [0.2, 0.25) is 10.0 Å². The van der Waals surface area contributed by atoms with Gasteiger partial charge in [-0.3, -0.25) is 0 Å². The van der Waals surface area contributed by atoms with Crippen LogP contribution in [0.2, 0.25) is 0 Å². The summed E-state index contributed by atoms with van der Waals surface area (Å²) in [4.78, 5) is 0.0725. The lowest BCUT2D eigenvalue weighted by molar-refractivity contribution is 0.00218. The molecule has 140 valence electrons. The van der Waals surface area contributed by atoms with Crippen molar-refractivity contribution in [2.75, 3.05) is 20.3 Å². The zero-order valence-corrected chi connectivity index (χ0v) is 15.7. The summed E-state index contributed by atoms with van der Waals surface area (Å²) in [5, 5.41) is 11.0. The lowest BCUT2D eigenvalue weighted by Gasteiger charge is -2.34. The van der Waals surface area contributed by atoms with Crippen LogP contribution < -0.4 is 14.2 Å². The van der Waals surface area contributed by atoms with Crippen molar-refractivity contribution in [3.8, 4) is 11.5 Å². The highest BCUT2D eigenvalue weighted by Gasteiger charge is 2.37. The van der Waals surface area contributed by atoms with Gasteiger partial charge >= 0.3 is 0 Å². The van der Waals surface area contributed by atoms with Crippen molar-refractivity contribution in [1.29, 1.82) is 0 Å². The third kappa shape index (κ3) is 3.56. The Morgan fingerprint density at radius 2 is 2.04 bits per heavy atom. The van der Waals surface area contributed by atoms with Gasteiger partial charge in [-0.05, 0) is 30.2 Å². The number of ether oxygens (including phenoxy) is 2. The van der Waals surface area contributed by atoms with Crippen molar-refractivity contribution >= 4 is 10.0 Å². The Balaban J connectivity index is 1.88. The van der Waals surface area contributed by atoms with Crippen molar-refractivity contribution < 1.29 is 23.0 Å². The van der Waals surface area contributed by atoms with Crippen LogP contribution in [0.4, 0.5) is 0 Å². The largest absolute Gasteiger partial charge is 0.495 e. The van der Waals surface area contributed by atoms with Gasteiger partial charge in [-0.25, -0.2) is 13.1 Å². The Morgan fingerprint density at radius 1 is 1.27 bits per heavy atom. The number of hydrogen-bond acceptors (Lipinski definition) is 5. The van der Waals surface area contributed by atoms with Crippen LogP contribution in [-0.4, -0.2) is 33.8 Å². The number of aliphatic hydroxyl groups is 1. The summed E-state index contributed by atoms with van der Waals surface area (Å²) in [6, 6.07) is 12.2. The highest BCUT2D eigenvalue weighted by atomic mass is 32.2. The zero-order chi connectivity index (χ0) is 18.8. The maximum Gasteiger partial charge on any atom is 0.244 e. The zero-order valence-electron chi connectivity index (χ0n) is 14.9. The first-order valence-corrected chi connectivity index (χ1v) is 9.99. The predicted molar refractivity (Wildman–Crippen MR) is 98.0 cm³/mol. The molecule has 0 radical (unpaired) electrons. The first kappa shape index (κ1) is 18.7. The fraction of sp³-hybridized carbons (Fsp3) is 0.368. The number of fused-ring (bicyclic) bond motifs is 1. The molecule has 1 heterocycles. The van der Waals surface area contributed by atoms with E-state index in [0.717, 1.165) is 5.56 Å². The van der Waals surface area contributed by atoms with E-state index in [1.807, 2.05) is 19.1 Å². The van der Waals surface area contributed by atoms with Crippen LogP contribution in [-0.2, 0) is 22.0 Å². The SMILES string of the molecule is CCc1ccc(OC)c(S(=O)(=O)NCC2(O)CCOc3ccccc32)c1. The van der Waals surface area contributed by atoms with Crippen molar-refractivity contribution in [2.45, 2.75) is 30.3 Å². The van der Waals surface area contributed by atoms with Crippen LogP contribution in [0, 0.1) is 0 Å². The summed E-state index contributed by atoms with van der Waals surface area (Å²) in [5.74, 6) is 0.847. The molecule has 0 fully saturated rings. The molecule has 1 unspecified atom stereocenters. The average Bonchev–Trinajstić information content (AvgIpc) is 2.66. The van der Waals surface area contributed by atoms with Crippen LogP contribution >= 0.6 is 0 Å². The highest BCUT2D eigenvalue weighted by molar-refractivity contribution is 7.89.